The quantitative estimate of drug-likeness (QED) is 0.723. The van der Waals surface area contributed by atoms with Gasteiger partial charge >= 0.3 is 0 Å². The summed E-state index contributed by atoms with van der Waals surface area (Å²) in [7, 11) is 1.70. The highest BCUT2D eigenvalue weighted by molar-refractivity contribution is 5.89. The van der Waals surface area contributed by atoms with E-state index < -0.39 is 6.04 Å². The Morgan fingerprint density at radius 2 is 1.74 bits per heavy atom. The average Bonchev–Trinajstić information content (AvgIpc) is 3.30. The standard InChI is InChI=1S/C26H32N2O3/c1-31-22-14-6-5-13-21(22)26(16-8-9-17-26)19-27-25(30)24(20-11-3-2-4-12-20)28-18-10-7-15-23(28)29/h2-6,11-14,24H,7-10,15-19H2,1H3,(H,27,30). The van der Waals surface area contributed by atoms with Crippen molar-refractivity contribution in [3.8, 4) is 5.75 Å². The molecule has 1 atom stereocenters. The fraction of sp³-hybridized carbons (Fsp3) is 0.462. The lowest BCUT2D eigenvalue weighted by atomic mass is 9.78. The number of amides is 2. The molecule has 5 nitrogen and oxygen atoms in total. The van der Waals surface area contributed by atoms with Gasteiger partial charge in [0.05, 0.1) is 7.11 Å². The Bertz CT molecular complexity index is 906. The number of carbonyl (C=O) groups is 2. The third-order valence-corrected chi connectivity index (χ3v) is 6.88. The molecular weight excluding hydrogens is 388 g/mol. The van der Waals surface area contributed by atoms with Crippen LogP contribution in [-0.4, -0.2) is 36.9 Å². The van der Waals surface area contributed by atoms with Crippen LogP contribution in [0.2, 0.25) is 0 Å². The fourth-order valence-electron chi connectivity index (χ4n) is 5.24. The first-order valence-electron chi connectivity index (χ1n) is 11.4. The van der Waals surface area contributed by atoms with Crippen LogP contribution >= 0.6 is 0 Å². The van der Waals surface area contributed by atoms with E-state index in [4.69, 9.17) is 4.74 Å². The Labute approximate surface area is 184 Å². The number of nitrogens with one attached hydrogen (secondary N) is 1. The summed E-state index contributed by atoms with van der Waals surface area (Å²) in [6, 6.07) is 17.2. The number of likely N-dealkylation sites (tertiary alicyclic amines) is 1. The van der Waals surface area contributed by atoms with Crippen LogP contribution in [0.3, 0.4) is 0 Å². The molecule has 1 heterocycles. The van der Waals surface area contributed by atoms with Gasteiger partial charge in [0.25, 0.3) is 0 Å². The highest BCUT2D eigenvalue weighted by Crippen LogP contribution is 2.44. The topological polar surface area (TPSA) is 58.6 Å². The number of rotatable bonds is 7. The second-order valence-electron chi connectivity index (χ2n) is 8.76. The molecule has 2 amide bonds. The lowest BCUT2D eigenvalue weighted by molar-refractivity contribution is -0.142. The number of methoxy groups -OCH3 is 1. The molecule has 1 unspecified atom stereocenters. The molecule has 0 aromatic heterocycles. The Morgan fingerprint density at radius 1 is 1.03 bits per heavy atom. The van der Waals surface area contributed by atoms with Gasteiger partial charge < -0.3 is 15.0 Å². The summed E-state index contributed by atoms with van der Waals surface area (Å²) in [4.78, 5) is 28.0. The first-order valence-corrected chi connectivity index (χ1v) is 11.4. The summed E-state index contributed by atoms with van der Waals surface area (Å²) in [6.07, 6.45) is 6.67. The van der Waals surface area contributed by atoms with Crippen molar-refractivity contribution in [3.05, 3.63) is 65.7 Å². The normalized spacial score (nSPS) is 19.1. The van der Waals surface area contributed by atoms with Crippen molar-refractivity contribution in [2.45, 2.75) is 56.4 Å². The van der Waals surface area contributed by atoms with E-state index in [-0.39, 0.29) is 17.2 Å². The van der Waals surface area contributed by atoms with E-state index in [1.54, 1.807) is 12.0 Å². The predicted octanol–water partition coefficient (Wildman–Crippen LogP) is 4.38. The molecule has 2 aliphatic rings. The number of hydrogen-bond donors (Lipinski definition) is 1. The van der Waals surface area contributed by atoms with Crippen LogP contribution in [0.25, 0.3) is 0 Å². The lowest BCUT2D eigenvalue weighted by Crippen LogP contribution is -2.48. The van der Waals surface area contributed by atoms with Gasteiger partial charge in [-0.15, -0.1) is 0 Å². The van der Waals surface area contributed by atoms with Crippen LogP contribution in [0, 0.1) is 0 Å². The van der Waals surface area contributed by atoms with Crippen LogP contribution < -0.4 is 10.1 Å². The molecule has 0 radical (unpaired) electrons. The van der Waals surface area contributed by atoms with Crippen molar-refractivity contribution in [2.75, 3.05) is 20.2 Å². The van der Waals surface area contributed by atoms with Crippen molar-refractivity contribution in [3.63, 3.8) is 0 Å². The van der Waals surface area contributed by atoms with Crippen molar-refractivity contribution in [1.29, 1.82) is 0 Å². The van der Waals surface area contributed by atoms with Gasteiger partial charge in [0, 0.05) is 30.5 Å². The molecule has 31 heavy (non-hydrogen) atoms. The Hall–Kier alpha value is -2.82. The van der Waals surface area contributed by atoms with Gasteiger partial charge in [0.15, 0.2) is 0 Å². The van der Waals surface area contributed by atoms with E-state index in [0.29, 0.717) is 19.5 Å². The van der Waals surface area contributed by atoms with Gasteiger partial charge in [0.2, 0.25) is 11.8 Å². The zero-order valence-electron chi connectivity index (χ0n) is 18.3. The zero-order chi connectivity index (χ0) is 21.7. The van der Waals surface area contributed by atoms with Gasteiger partial charge in [0.1, 0.15) is 11.8 Å². The Balaban J connectivity index is 1.58. The minimum atomic E-state index is -0.579. The van der Waals surface area contributed by atoms with E-state index in [1.165, 1.54) is 5.56 Å². The Morgan fingerprint density at radius 3 is 2.45 bits per heavy atom. The lowest BCUT2D eigenvalue weighted by Gasteiger charge is -2.36. The van der Waals surface area contributed by atoms with E-state index in [9.17, 15) is 9.59 Å². The largest absolute Gasteiger partial charge is 0.496 e. The molecule has 0 spiro atoms. The molecule has 5 heteroatoms. The van der Waals surface area contributed by atoms with Crippen LogP contribution in [0.4, 0.5) is 0 Å². The highest BCUT2D eigenvalue weighted by Gasteiger charge is 2.39. The molecule has 1 N–H and O–H groups in total. The van der Waals surface area contributed by atoms with Crippen LogP contribution in [0.15, 0.2) is 54.6 Å². The second kappa shape index (κ2) is 9.54. The van der Waals surface area contributed by atoms with Crippen molar-refractivity contribution in [2.24, 2.45) is 0 Å². The summed E-state index contributed by atoms with van der Waals surface area (Å²) < 4.78 is 5.65. The van der Waals surface area contributed by atoms with E-state index in [0.717, 1.165) is 49.8 Å². The van der Waals surface area contributed by atoms with Crippen LogP contribution in [-0.2, 0) is 15.0 Å². The SMILES string of the molecule is COc1ccccc1C1(CNC(=O)C(c2ccccc2)N2CCCCC2=O)CCCC1. The summed E-state index contributed by atoms with van der Waals surface area (Å²) in [5.74, 6) is 0.850. The molecule has 0 bridgehead atoms. The maximum absolute atomic E-state index is 13.5. The summed E-state index contributed by atoms with van der Waals surface area (Å²) >= 11 is 0. The molecule has 164 valence electrons. The monoisotopic (exact) mass is 420 g/mol. The molecule has 2 fully saturated rings. The van der Waals surface area contributed by atoms with Crippen molar-refractivity contribution >= 4 is 11.8 Å². The number of benzene rings is 2. The van der Waals surface area contributed by atoms with Gasteiger partial charge in [-0.25, -0.2) is 0 Å². The average molecular weight is 421 g/mol. The molecule has 2 aromatic rings. The van der Waals surface area contributed by atoms with E-state index >= 15 is 0 Å². The number of nitrogens with zero attached hydrogens (tertiary/aromatic N) is 1. The first kappa shape index (κ1) is 21.4. The molecular formula is C26H32N2O3. The van der Waals surface area contributed by atoms with Gasteiger partial charge in [-0.2, -0.15) is 0 Å². The second-order valence-corrected chi connectivity index (χ2v) is 8.76. The number of carbonyl (C=O) groups excluding carboxylic acids is 2. The molecule has 1 saturated carbocycles. The number of piperidine rings is 1. The molecule has 1 aliphatic heterocycles. The third kappa shape index (κ3) is 4.46. The summed E-state index contributed by atoms with van der Waals surface area (Å²) in [5.41, 5.74) is 1.91. The zero-order valence-corrected chi connectivity index (χ0v) is 18.3. The summed E-state index contributed by atoms with van der Waals surface area (Å²) in [6.45, 7) is 1.18. The number of para-hydroxylation sites is 1. The number of ether oxygens (including phenoxy) is 1. The molecule has 1 aliphatic carbocycles. The third-order valence-electron chi connectivity index (χ3n) is 6.88. The Kier molecular flexibility index (Phi) is 6.59. The minimum absolute atomic E-state index is 0.0653. The minimum Gasteiger partial charge on any atom is -0.496 e. The van der Waals surface area contributed by atoms with Crippen molar-refractivity contribution in [1.82, 2.24) is 10.2 Å². The molecule has 2 aromatic carbocycles. The molecule has 4 rings (SSSR count). The molecule has 1 saturated heterocycles. The fourth-order valence-corrected chi connectivity index (χ4v) is 5.24. The van der Waals surface area contributed by atoms with Gasteiger partial charge in [-0.05, 0) is 37.3 Å². The van der Waals surface area contributed by atoms with Crippen LogP contribution in [0.1, 0.15) is 62.1 Å². The van der Waals surface area contributed by atoms with Gasteiger partial charge in [-0.3, -0.25) is 9.59 Å². The highest BCUT2D eigenvalue weighted by atomic mass is 16.5. The first-order chi connectivity index (χ1) is 15.1. The van der Waals surface area contributed by atoms with Crippen LogP contribution in [0.5, 0.6) is 5.75 Å². The summed E-state index contributed by atoms with van der Waals surface area (Å²) in [5, 5.41) is 3.24. The van der Waals surface area contributed by atoms with E-state index in [1.807, 2.05) is 48.5 Å². The maximum atomic E-state index is 13.5. The maximum Gasteiger partial charge on any atom is 0.247 e. The smallest absolute Gasteiger partial charge is 0.247 e. The van der Waals surface area contributed by atoms with Gasteiger partial charge in [-0.1, -0.05) is 61.4 Å². The number of hydrogen-bond acceptors (Lipinski definition) is 3. The van der Waals surface area contributed by atoms with E-state index in [2.05, 4.69) is 11.4 Å². The van der Waals surface area contributed by atoms with Crippen molar-refractivity contribution < 1.29 is 14.3 Å². The predicted molar refractivity (Wildman–Crippen MR) is 121 cm³/mol.